The molecular formula is C12H21N3. The average Bonchev–Trinajstić information content (AvgIpc) is 2.07. The van der Waals surface area contributed by atoms with Crippen molar-refractivity contribution in [1.29, 1.82) is 0 Å². The van der Waals surface area contributed by atoms with E-state index in [1.165, 1.54) is 11.1 Å². The monoisotopic (exact) mass is 207 g/mol. The highest BCUT2D eigenvalue weighted by molar-refractivity contribution is 5.26. The predicted molar refractivity (Wildman–Crippen MR) is 63.2 cm³/mol. The summed E-state index contributed by atoms with van der Waals surface area (Å²) in [4.78, 5) is 4.47. The fourth-order valence-corrected chi connectivity index (χ4v) is 1.77. The Hall–Kier alpha value is -0.930. The standard InChI is InChI=1S/C12H21N3/c1-8-6-9(2)10(14-7-8)11(15-13)12(3,4)5/h6-7,11,15H,13H2,1-5H3. The van der Waals surface area contributed by atoms with E-state index in [9.17, 15) is 0 Å². The first-order valence-corrected chi connectivity index (χ1v) is 5.25. The van der Waals surface area contributed by atoms with Gasteiger partial charge in [0.1, 0.15) is 0 Å². The second-order valence-corrected chi connectivity index (χ2v) is 5.18. The number of hydrogen-bond acceptors (Lipinski definition) is 3. The Labute approximate surface area is 92.1 Å². The van der Waals surface area contributed by atoms with Crippen LogP contribution in [0.3, 0.4) is 0 Å². The van der Waals surface area contributed by atoms with Gasteiger partial charge in [-0.3, -0.25) is 16.3 Å². The number of aryl methyl sites for hydroxylation is 2. The summed E-state index contributed by atoms with van der Waals surface area (Å²) in [6.45, 7) is 10.6. The Bertz CT molecular complexity index is 339. The second-order valence-electron chi connectivity index (χ2n) is 5.18. The van der Waals surface area contributed by atoms with Crippen molar-refractivity contribution >= 4 is 0 Å². The molecule has 0 saturated carbocycles. The van der Waals surface area contributed by atoms with Crippen molar-refractivity contribution in [3.8, 4) is 0 Å². The van der Waals surface area contributed by atoms with E-state index in [-0.39, 0.29) is 11.5 Å². The number of aromatic nitrogens is 1. The summed E-state index contributed by atoms with van der Waals surface area (Å²) in [5.41, 5.74) is 6.32. The van der Waals surface area contributed by atoms with E-state index < -0.39 is 0 Å². The minimum Gasteiger partial charge on any atom is -0.271 e. The Morgan fingerprint density at radius 1 is 1.33 bits per heavy atom. The molecule has 0 aliphatic carbocycles. The second kappa shape index (κ2) is 4.29. The average molecular weight is 207 g/mol. The summed E-state index contributed by atoms with van der Waals surface area (Å²) < 4.78 is 0. The highest BCUT2D eigenvalue weighted by atomic mass is 15.2. The van der Waals surface area contributed by atoms with Crippen LogP contribution in [0.2, 0.25) is 0 Å². The fraction of sp³-hybridized carbons (Fsp3) is 0.583. The SMILES string of the molecule is Cc1cnc(C(NN)C(C)(C)C)c(C)c1. The van der Waals surface area contributed by atoms with Crippen LogP contribution in [0, 0.1) is 19.3 Å². The van der Waals surface area contributed by atoms with Gasteiger partial charge in [-0.05, 0) is 30.4 Å². The Morgan fingerprint density at radius 2 is 1.93 bits per heavy atom. The highest BCUT2D eigenvalue weighted by Gasteiger charge is 2.27. The van der Waals surface area contributed by atoms with Crippen LogP contribution in [0.25, 0.3) is 0 Å². The molecule has 1 aromatic heterocycles. The Kier molecular flexibility index (Phi) is 3.47. The zero-order valence-electron chi connectivity index (χ0n) is 10.3. The number of hydrazine groups is 1. The normalized spacial score (nSPS) is 14.0. The fourth-order valence-electron chi connectivity index (χ4n) is 1.77. The molecule has 15 heavy (non-hydrogen) atoms. The zero-order valence-corrected chi connectivity index (χ0v) is 10.3. The van der Waals surface area contributed by atoms with Gasteiger partial charge in [0, 0.05) is 6.20 Å². The zero-order chi connectivity index (χ0) is 11.6. The maximum absolute atomic E-state index is 5.61. The van der Waals surface area contributed by atoms with Crippen molar-refractivity contribution in [2.24, 2.45) is 11.3 Å². The molecule has 0 aliphatic rings. The molecule has 1 rings (SSSR count). The molecule has 0 aromatic carbocycles. The lowest BCUT2D eigenvalue weighted by Crippen LogP contribution is -2.37. The van der Waals surface area contributed by atoms with Gasteiger partial charge in [0.05, 0.1) is 11.7 Å². The van der Waals surface area contributed by atoms with E-state index >= 15 is 0 Å². The van der Waals surface area contributed by atoms with Gasteiger partial charge in [0.15, 0.2) is 0 Å². The van der Waals surface area contributed by atoms with Crippen LogP contribution in [0.1, 0.15) is 43.6 Å². The van der Waals surface area contributed by atoms with Gasteiger partial charge in [-0.2, -0.15) is 0 Å². The minimum absolute atomic E-state index is 0.0573. The number of hydrogen-bond donors (Lipinski definition) is 2. The maximum atomic E-state index is 5.61. The number of nitrogens with one attached hydrogen (secondary N) is 1. The lowest BCUT2D eigenvalue weighted by atomic mass is 9.83. The highest BCUT2D eigenvalue weighted by Crippen LogP contribution is 2.32. The predicted octanol–water partition coefficient (Wildman–Crippen LogP) is 2.25. The Morgan fingerprint density at radius 3 is 2.33 bits per heavy atom. The maximum Gasteiger partial charge on any atom is 0.0683 e. The van der Waals surface area contributed by atoms with Crippen molar-refractivity contribution in [3.63, 3.8) is 0 Å². The van der Waals surface area contributed by atoms with E-state index in [4.69, 9.17) is 5.84 Å². The summed E-state index contributed by atoms with van der Waals surface area (Å²) >= 11 is 0. The number of nitrogens with two attached hydrogens (primary N) is 1. The van der Waals surface area contributed by atoms with Crippen molar-refractivity contribution < 1.29 is 0 Å². The third-order valence-corrected chi connectivity index (χ3v) is 2.56. The quantitative estimate of drug-likeness (QED) is 0.577. The van der Waals surface area contributed by atoms with E-state index in [1.54, 1.807) is 0 Å². The molecule has 3 nitrogen and oxygen atoms in total. The van der Waals surface area contributed by atoms with Gasteiger partial charge >= 0.3 is 0 Å². The lowest BCUT2D eigenvalue weighted by Gasteiger charge is -2.30. The number of rotatable bonds is 2. The van der Waals surface area contributed by atoms with Gasteiger partial charge in [-0.1, -0.05) is 26.8 Å². The van der Waals surface area contributed by atoms with Crippen LogP contribution in [-0.4, -0.2) is 4.98 Å². The molecule has 84 valence electrons. The summed E-state index contributed by atoms with van der Waals surface area (Å²) in [7, 11) is 0. The van der Waals surface area contributed by atoms with Crippen LogP contribution in [0.4, 0.5) is 0 Å². The van der Waals surface area contributed by atoms with Crippen LogP contribution >= 0.6 is 0 Å². The largest absolute Gasteiger partial charge is 0.271 e. The molecule has 0 amide bonds. The Balaban J connectivity index is 3.13. The van der Waals surface area contributed by atoms with Crippen molar-refractivity contribution in [2.45, 2.75) is 40.7 Å². The minimum atomic E-state index is 0.0573. The van der Waals surface area contributed by atoms with Crippen molar-refractivity contribution in [3.05, 3.63) is 29.1 Å². The smallest absolute Gasteiger partial charge is 0.0683 e. The van der Waals surface area contributed by atoms with Crippen LogP contribution in [0.15, 0.2) is 12.3 Å². The molecule has 3 N–H and O–H groups in total. The van der Waals surface area contributed by atoms with Crippen LogP contribution in [-0.2, 0) is 0 Å². The summed E-state index contributed by atoms with van der Waals surface area (Å²) in [5, 5.41) is 0. The molecule has 1 unspecified atom stereocenters. The lowest BCUT2D eigenvalue weighted by molar-refractivity contribution is 0.269. The molecule has 0 bridgehead atoms. The van der Waals surface area contributed by atoms with Gasteiger partial charge < -0.3 is 0 Å². The van der Waals surface area contributed by atoms with Crippen molar-refractivity contribution in [1.82, 2.24) is 10.4 Å². The number of nitrogens with zero attached hydrogens (tertiary/aromatic N) is 1. The molecule has 1 aromatic rings. The van der Waals surface area contributed by atoms with Crippen LogP contribution in [0.5, 0.6) is 0 Å². The first kappa shape index (κ1) is 12.1. The topological polar surface area (TPSA) is 50.9 Å². The summed E-state index contributed by atoms with van der Waals surface area (Å²) in [6.07, 6.45) is 1.89. The van der Waals surface area contributed by atoms with Gasteiger partial charge in [0.25, 0.3) is 0 Å². The molecule has 1 atom stereocenters. The molecule has 0 fully saturated rings. The van der Waals surface area contributed by atoms with E-state index in [2.05, 4.69) is 44.2 Å². The third-order valence-electron chi connectivity index (χ3n) is 2.56. The third kappa shape index (κ3) is 2.76. The first-order chi connectivity index (χ1) is 6.86. The van der Waals surface area contributed by atoms with E-state index in [0.717, 1.165) is 5.69 Å². The molecule has 1 heterocycles. The molecule has 0 spiro atoms. The molecule has 3 heteroatoms. The molecule has 0 aliphatic heterocycles. The molecule has 0 saturated heterocycles. The molecular weight excluding hydrogens is 186 g/mol. The van der Waals surface area contributed by atoms with Crippen LogP contribution < -0.4 is 11.3 Å². The van der Waals surface area contributed by atoms with E-state index in [1.807, 2.05) is 13.1 Å². The van der Waals surface area contributed by atoms with Gasteiger partial charge in [0.2, 0.25) is 0 Å². The van der Waals surface area contributed by atoms with Crippen molar-refractivity contribution in [2.75, 3.05) is 0 Å². The number of pyridine rings is 1. The summed E-state index contributed by atoms with van der Waals surface area (Å²) in [5.74, 6) is 5.61. The van der Waals surface area contributed by atoms with Gasteiger partial charge in [-0.25, -0.2) is 0 Å². The molecule has 0 radical (unpaired) electrons. The van der Waals surface area contributed by atoms with E-state index in [0.29, 0.717) is 0 Å². The summed E-state index contributed by atoms with van der Waals surface area (Å²) in [6, 6.07) is 2.22. The van der Waals surface area contributed by atoms with Gasteiger partial charge in [-0.15, -0.1) is 0 Å². The first-order valence-electron chi connectivity index (χ1n) is 5.25.